The maximum atomic E-state index is 12.7. The monoisotopic (exact) mass is 385 g/mol. The maximum absolute atomic E-state index is 12.7. The number of benzene rings is 2. The van der Waals surface area contributed by atoms with E-state index >= 15 is 0 Å². The number of rotatable bonds is 4. The first-order valence-electron chi connectivity index (χ1n) is 9.56. The second kappa shape index (κ2) is 7.47. The van der Waals surface area contributed by atoms with Crippen LogP contribution in [0, 0.1) is 27.7 Å². The number of aromatic nitrogens is 4. The van der Waals surface area contributed by atoms with Crippen LogP contribution in [-0.4, -0.2) is 19.9 Å². The highest BCUT2D eigenvalue weighted by Gasteiger charge is 2.11. The van der Waals surface area contributed by atoms with Crippen molar-refractivity contribution in [2.75, 3.05) is 5.32 Å². The van der Waals surface area contributed by atoms with E-state index in [-0.39, 0.29) is 5.56 Å². The largest absolute Gasteiger partial charge is 0.294 e. The lowest BCUT2D eigenvalue weighted by Crippen LogP contribution is -2.19. The van der Waals surface area contributed by atoms with Crippen LogP contribution in [0.2, 0.25) is 0 Å². The molecule has 146 valence electrons. The van der Waals surface area contributed by atoms with Crippen LogP contribution in [0.15, 0.2) is 47.3 Å². The standard InChI is InChI=1S/C23H23N5O/c1-13-5-8-17(9-6-13)12-19-16(4)25-23(27-21(19)29)28-22-24-15(3)18-10-7-14(2)11-20(18)26-22/h5-11H,12H2,1-4H3,(H2,24,25,26,27,28,29). The average Bonchev–Trinajstić information content (AvgIpc) is 2.66. The Morgan fingerprint density at radius 1 is 0.862 bits per heavy atom. The molecule has 0 aliphatic heterocycles. The van der Waals surface area contributed by atoms with Crippen LogP contribution in [-0.2, 0) is 6.42 Å². The molecule has 2 aromatic heterocycles. The number of nitrogens with zero attached hydrogens (tertiary/aromatic N) is 3. The quantitative estimate of drug-likeness (QED) is 0.548. The topological polar surface area (TPSA) is 83.6 Å². The second-order valence-corrected chi connectivity index (χ2v) is 7.42. The second-order valence-electron chi connectivity index (χ2n) is 7.42. The summed E-state index contributed by atoms with van der Waals surface area (Å²) in [5.41, 5.74) is 6.31. The summed E-state index contributed by atoms with van der Waals surface area (Å²) in [6, 6.07) is 14.2. The van der Waals surface area contributed by atoms with Crippen LogP contribution < -0.4 is 10.9 Å². The maximum Gasteiger partial charge on any atom is 0.256 e. The van der Waals surface area contributed by atoms with E-state index in [2.05, 4.69) is 25.3 Å². The van der Waals surface area contributed by atoms with E-state index in [0.717, 1.165) is 27.7 Å². The molecule has 4 aromatic rings. The van der Waals surface area contributed by atoms with Crippen molar-refractivity contribution >= 4 is 22.8 Å². The Kier molecular flexibility index (Phi) is 4.84. The molecule has 29 heavy (non-hydrogen) atoms. The van der Waals surface area contributed by atoms with Crippen LogP contribution in [0.4, 0.5) is 11.9 Å². The van der Waals surface area contributed by atoms with Crippen LogP contribution in [0.3, 0.4) is 0 Å². The number of aromatic amines is 1. The molecule has 0 saturated carbocycles. The Morgan fingerprint density at radius 2 is 1.59 bits per heavy atom. The molecule has 6 nitrogen and oxygen atoms in total. The van der Waals surface area contributed by atoms with E-state index in [1.807, 2.05) is 70.2 Å². The number of aryl methyl sites for hydroxylation is 4. The van der Waals surface area contributed by atoms with E-state index in [1.54, 1.807) is 0 Å². The number of anilines is 2. The fraction of sp³-hybridized carbons (Fsp3) is 0.217. The first-order valence-corrected chi connectivity index (χ1v) is 9.56. The molecule has 0 aliphatic rings. The summed E-state index contributed by atoms with van der Waals surface area (Å²) < 4.78 is 0. The molecule has 0 spiro atoms. The van der Waals surface area contributed by atoms with Crippen molar-refractivity contribution in [1.82, 2.24) is 19.9 Å². The zero-order chi connectivity index (χ0) is 20.5. The zero-order valence-electron chi connectivity index (χ0n) is 17.0. The average molecular weight is 385 g/mol. The van der Waals surface area contributed by atoms with Crippen LogP contribution in [0.1, 0.15) is 33.6 Å². The third-order valence-electron chi connectivity index (χ3n) is 5.00. The molecule has 0 atom stereocenters. The van der Waals surface area contributed by atoms with Gasteiger partial charge in [0.05, 0.1) is 16.9 Å². The van der Waals surface area contributed by atoms with E-state index in [9.17, 15) is 4.79 Å². The number of nitrogens with one attached hydrogen (secondary N) is 2. The first kappa shape index (κ1) is 18.8. The minimum atomic E-state index is -0.158. The zero-order valence-corrected chi connectivity index (χ0v) is 17.0. The Labute approximate surface area is 169 Å². The summed E-state index contributed by atoms with van der Waals surface area (Å²) in [7, 11) is 0. The van der Waals surface area contributed by atoms with Crippen molar-refractivity contribution in [3.05, 3.63) is 86.5 Å². The highest BCUT2D eigenvalue weighted by atomic mass is 16.1. The van der Waals surface area contributed by atoms with E-state index in [1.165, 1.54) is 5.56 Å². The summed E-state index contributed by atoms with van der Waals surface area (Å²) >= 11 is 0. The van der Waals surface area contributed by atoms with Crippen molar-refractivity contribution in [2.24, 2.45) is 0 Å². The van der Waals surface area contributed by atoms with Gasteiger partial charge in [-0.05, 0) is 44.9 Å². The van der Waals surface area contributed by atoms with Gasteiger partial charge in [0, 0.05) is 17.4 Å². The third kappa shape index (κ3) is 4.01. The highest BCUT2D eigenvalue weighted by Crippen LogP contribution is 2.20. The molecular weight excluding hydrogens is 362 g/mol. The first-order chi connectivity index (χ1) is 13.9. The lowest BCUT2D eigenvalue weighted by atomic mass is 10.0. The van der Waals surface area contributed by atoms with Crippen molar-refractivity contribution in [3.8, 4) is 0 Å². The van der Waals surface area contributed by atoms with Gasteiger partial charge in [-0.2, -0.15) is 0 Å². The van der Waals surface area contributed by atoms with Crippen molar-refractivity contribution in [2.45, 2.75) is 34.1 Å². The van der Waals surface area contributed by atoms with Gasteiger partial charge < -0.3 is 0 Å². The summed E-state index contributed by atoms with van der Waals surface area (Å²) in [5.74, 6) is 0.751. The number of fused-ring (bicyclic) bond motifs is 1. The number of hydrogen-bond donors (Lipinski definition) is 2. The smallest absolute Gasteiger partial charge is 0.256 e. The van der Waals surface area contributed by atoms with E-state index in [4.69, 9.17) is 0 Å². The van der Waals surface area contributed by atoms with Gasteiger partial charge in [0.15, 0.2) is 0 Å². The van der Waals surface area contributed by atoms with Gasteiger partial charge in [-0.1, -0.05) is 42.0 Å². The molecule has 0 unspecified atom stereocenters. The Morgan fingerprint density at radius 3 is 2.31 bits per heavy atom. The SMILES string of the molecule is Cc1ccc(Cc2c(C)nc(Nc3nc(C)c4ccc(C)cc4n3)[nH]c2=O)cc1. The molecule has 2 heterocycles. The predicted molar refractivity (Wildman–Crippen MR) is 116 cm³/mol. The van der Waals surface area contributed by atoms with E-state index in [0.29, 0.717) is 29.6 Å². The molecule has 0 amide bonds. The third-order valence-corrected chi connectivity index (χ3v) is 5.00. The lowest BCUT2D eigenvalue weighted by molar-refractivity contribution is 0.978. The van der Waals surface area contributed by atoms with Crippen LogP contribution >= 0.6 is 0 Å². The minimum Gasteiger partial charge on any atom is -0.294 e. The molecule has 2 N–H and O–H groups in total. The van der Waals surface area contributed by atoms with Gasteiger partial charge in [0.2, 0.25) is 11.9 Å². The molecule has 0 bridgehead atoms. The summed E-state index contributed by atoms with van der Waals surface area (Å²) in [6.45, 7) is 7.86. The summed E-state index contributed by atoms with van der Waals surface area (Å²) in [5, 5.41) is 4.05. The van der Waals surface area contributed by atoms with Gasteiger partial charge in [-0.25, -0.2) is 15.0 Å². The fourth-order valence-electron chi connectivity index (χ4n) is 3.35. The van der Waals surface area contributed by atoms with Crippen molar-refractivity contribution in [3.63, 3.8) is 0 Å². The molecule has 2 aromatic carbocycles. The molecule has 0 saturated heterocycles. The molecule has 6 heteroatoms. The van der Waals surface area contributed by atoms with Crippen LogP contribution in [0.5, 0.6) is 0 Å². The van der Waals surface area contributed by atoms with E-state index < -0.39 is 0 Å². The Bertz CT molecular complexity index is 1260. The fourth-order valence-corrected chi connectivity index (χ4v) is 3.35. The Hall–Kier alpha value is -3.54. The van der Waals surface area contributed by atoms with Crippen molar-refractivity contribution < 1.29 is 0 Å². The number of H-pyrrole nitrogens is 1. The molecule has 4 rings (SSSR count). The molecule has 0 aliphatic carbocycles. The van der Waals surface area contributed by atoms with Crippen molar-refractivity contribution in [1.29, 1.82) is 0 Å². The van der Waals surface area contributed by atoms with Gasteiger partial charge in [0.25, 0.3) is 5.56 Å². The van der Waals surface area contributed by atoms with Gasteiger partial charge in [0.1, 0.15) is 0 Å². The minimum absolute atomic E-state index is 0.158. The molecule has 0 radical (unpaired) electrons. The molecular formula is C23H23N5O. The lowest BCUT2D eigenvalue weighted by Gasteiger charge is -2.10. The molecule has 0 fully saturated rings. The van der Waals surface area contributed by atoms with Gasteiger partial charge in [-0.15, -0.1) is 0 Å². The number of hydrogen-bond acceptors (Lipinski definition) is 5. The van der Waals surface area contributed by atoms with Gasteiger partial charge >= 0.3 is 0 Å². The predicted octanol–water partition coefficient (Wildman–Crippen LogP) is 4.28. The highest BCUT2D eigenvalue weighted by molar-refractivity contribution is 5.82. The normalized spacial score (nSPS) is 11.0. The summed E-state index contributed by atoms with van der Waals surface area (Å²) in [4.78, 5) is 29.1. The van der Waals surface area contributed by atoms with Crippen LogP contribution in [0.25, 0.3) is 10.9 Å². The Balaban J connectivity index is 1.64. The van der Waals surface area contributed by atoms with Gasteiger partial charge in [-0.3, -0.25) is 15.1 Å². The summed E-state index contributed by atoms with van der Waals surface area (Å²) in [6.07, 6.45) is 0.541.